The third kappa shape index (κ3) is 3.96. The van der Waals surface area contributed by atoms with Crippen molar-refractivity contribution in [2.24, 2.45) is 0 Å². The Labute approximate surface area is 197 Å². The van der Waals surface area contributed by atoms with E-state index in [1.807, 2.05) is 0 Å². The first-order valence-electron chi connectivity index (χ1n) is 10.9. The maximum atomic E-state index is 13.6. The van der Waals surface area contributed by atoms with Crippen LogP contribution in [0.3, 0.4) is 0 Å². The van der Waals surface area contributed by atoms with Crippen molar-refractivity contribution in [2.45, 2.75) is 52.7 Å². The van der Waals surface area contributed by atoms with Crippen molar-refractivity contribution in [2.75, 3.05) is 9.80 Å². The molecule has 2 aromatic carbocycles. The van der Waals surface area contributed by atoms with Crippen molar-refractivity contribution in [3.8, 4) is 0 Å². The number of anilines is 2. The van der Waals surface area contributed by atoms with Crippen molar-refractivity contribution in [1.82, 2.24) is 0 Å². The van der Waals surface area contributed by atoms with E-state index < -0.39 is 35.2 Å². The summed E-state index contributed by atoms with van der Waals surface area (Å²) in [4.78, 5) is 55.0. The van der Waals surface area contributed by atoms with Gasteiger partial charge in [0.25, 0.3) is 11.8 Å². The Balaban J connectivity index is 1.89. The Kier molecular flexibility index (Phi) is 5.35. The molecule has 0 fully saturated rings. The molecule has 2 heterocycles. The Morgan fingerprint density at radius 1 is 0.618 bits per heavy atom. The second-order valence-electron chi connectivity index (χ2n) is 10.0. The van der Waals surface area contributed by atoms with Gasteiger partial charge in [0.1, 0.15) is 11.2 Å². The summed E-state index contributed by atoms with van der Waals surface area (Å²) in [5.41, 5.74) is -0.160. The highest BCUT2D eigenvalue weighted by Gasteiger charge is 2.47. The van der Waals surface area contributed by atoms with Crippen molar-refractivity contribution in [3.05, 3.63) is 59.7 Å². The molecule has 0 N–H and O–H groups in total. The van der Waals surface area contributed by atoms with Gasteiger partial charge in [-0.2, -0.15) is 0 Å². The molecule has 0 saturated heterocycles. The van der Waals surface area contributed by atoms with E-state index in [2.05, 4.69) is 0 Å². The van der Waals surface area contributed by atoms with E-state index >= 15 is 0 Å². The third-order valence-electron chi connectivity index (χ3n) is 5.06. The molecule has 4 amide bonds. The second kappa shape index (κ2) is 7.83. The number of benzene rings is 2. The Morgan fingerprint density at radius 2 is 0.941 bits per heavy atom. The van der Waals surface area contributed by atoms with Crippen LogP contribution in [-0.4, -0.2) is 35.2 Å². The molecule has 4 rings (SSSR count). The molecule has 0 bridgehead atoms. The topological polar surface area (TPSA) is 93.2 Å². The normalized spacial score (nSPS) is 17.6. The number of ether oxygens (including phenoxy) is 2. The molecular formula is C26H26N2O6. The summed E-state index contributed by atoms with van der Waals surface area (Å²) in [6.07, 6.45) is -1.69. The number of amides is 4. The molecule has 34 heavy (non-hydrogen) atoms. The zero-order valence-corrected chi connectivity index (χ0v) is 20.0. The molecular weight excluding hydrogens is 436 g/mol. The molecule has 2 aromatic rings. The first kappa shape index (κ1) is 23.2. The summed E-state index contributed by atoms with van der Waals surface area (Å²) in [5, 5.41) is 0. The van der Waals surface area contributed by atoms with Gasteiger partial charge in [0, 0.05) is 11.1 Å². The van der Waals surface area contributed by atoms with Crippen LogP contribution >= 0.6 is 0 Å². The maximum absolute atomic E-state index is 13.6. The van der Waals surface area contributed by atoms with E-state index in [0.29, 0.717) is 22.5 Å². The number of fused-ring (bicyclic) bond motifs is 2. The number of para-hydroxylation sites is 2. The number of hydrogen-bond donors (Lipinski definition) is 0. The number of nitrogens with zero attached hydrogens (tertiary/aromatic N) is 2. The summed E-state index contributed by atoms with van der Waals surface area (Å²) in [7, 11) is 0. The number of carbonyl (C=O) groups is 4. The van der Waals surface area contributed by atoms with E-state index in [1.165, 1.54) is 0 Å². The SMILES string of the molecule is CC(C)(C)OC(=O)N1C(=O)/C(=C2/C(=O)N(C(=O)OC(C)(C)C)c3ccccc32)c2ccccc21. The predicted octanol–water partition coefficient (Wildman–Crippen LogP) is 5.16. The molecule has 0 unspecified atom stereocenters. The van der Waals surface area contributed by atoms with Crippen LogP contribution in [0.4, 0.5) is 21.0 Å². The molecule has 2 aliphatic rings. The van der Waals surface area contributed by atoms with Gasteiger partial charge in [-0.15, -0.1) is 0 Å². The van der Waals surface area contributed by atoms with Gasteiger partial charge in [-0.1, -0.05) is 36.4 Å². The average molecular weight is 463 g/mol. The highest BCUT2D eigenvalue weighted by atomic mass is 16.6. The molecule has 8 nitrogen and oxygen atoms in total. The molecule has 2 aliphatic heterocycles. The second-order valence-corrected chi connectivity index (χ2v) is 10.0. The van der Waals surface area contributed by atoms with Crippen molar-refractivity contribution < 1.29 is 28.7 Å². The zero-order chi connectivity index (χ0) is 25.0. The molecule has 0 saturated carbocycles. The van der Waals surface area contributed by atoms with Gasteiger partial charge in [-0.25, -0.2) is 19.4 Å². The van der Waals surface area contributed by atoms with E-state index in [-0.39, 0.29) is 11.1 Å². The van der Waals surface area contributed by atoms with Crippen LogP contribution in [0.1, 0.15) is 52.7 Å². The number of hydrogen-bond acceptors (Lipinski definition) is 6. The minimum absolute atomic E-state index is 0.0324. The first-order valence-corrected chi connectivity index (χ1v) is 10.9. The molecule has 0 aliphatic carbocycles. The lowest BCUT2D eigenvalue weighted by Crippen LogP contribution is -2.39. The summed E-state index contributed by atoms with van der Waals surface area (Å²) in [6, 6.07) is 13.3. The van der Waals surface area contributed by atoms with Crippen molar-refractivity contribution >= 4 is 46.5 Å². The molecule has 0 spiro atoms. The number of carbonyl (C=O) groups excluding carboxylic acids is 4. The minimum Gasteiger partial charge on any atom is -0.443 e. The van der Waals surface area contributed by atoms with Gasteiger partial charge in [-0.3, -0.25) is 9.59 Å². The highest BCUT2D eigenvalue weighted by molar-refractivity contribution is 6.53. The smallest absolute Gasteiger partial charge is 0.422 e. The fourth-order valence-corrected chi connectivity index (χ4v) is 3.89. The van der Waals surface area contributed by atoms with Crippen LogP contribution in [0.2, 0.25) is 0 Å². The van der Waals surface area contributed by atoms with Gasteiger partial charge in [0.15, 0.2) is 0 Å². The van der Waals surface area contributed by atoms with Crippen molar-refractivity contribution in [3.63, 3.8) is 0 Å². The van der Waals surface area contributed by atoms with Gasteiger partial charge in [0.2, 0.25) is 0 Å². The Morgan fingerprint density at radius 3 is 1.26 bits per heavy atom. The quantitative estimate of drug-likeness (QED) is 0.502. The van der Waals surface area contributed by atoms with E-state index in [4.69, 9.17) is 9.47 Å². The summed E-state index contributed by atoms with van der Waals surface area (Å²) < 4.78 is 10.9. The summed E-state index contributed by atoms with van der Waals surface area (Å²) >= 11 is 0. The standard InChI is InChI=1S/C26H26N2O6/c1-25(2,3)33-23(31)27-17-13-9-7-11-15(17)19(21(27)29)20-16-12-8-10-14-18(16)28(22(20)30)24(32)34-26(4,5)6/h7-14H,1-6H3/b20-19+. The fraction of sp³-hybridized carbons (Fsp3) is 0.308. The largest absolute Gasteiger partial charge is 0.443 e. The van der Waals surface area contributed by atoms with Crippen LogP contribution in [0.5, 0.6) is 0 Å². The van der Waals surface area contributed by atoms with Gasteiger partial charge in [0.05, 0.1) is 22.5 Å². The molecule has 0 aromatic heterocycles. The number of imide groups is 2. The Bertz CT molecular complexity index is 1170. The van der Waals surface area contributed by atoms with E-state index in [9.17, 15) is 19.2 Å². The van der Waals surface area contributed by atoms with Crippen LogP contribution in [0.25, 0.3) is 11.1 Å². The molecule has 8 heteroatoms. The summed E-state index contributed by atoms with van der Waals surface area (Å²) in [5.74, 6) is -1.39. The zero-order valence-electron chi connectivity index (χ0n) is 20.0. The van der Waals surface area contributed by atoms with Crippen LogP contribution in [0.15, 0.2) is 48.5 Å². The third-order valence-corrected chi connectivity index (χ3v) is 5.06. The van der Waals surface area contributed by atoms with Crippen molar-refractivity contribution in [1.29, 1.82) is 0 Å². The van der Waals surface area contributed by atoms with Crippen LogP contribution < -0.4 is 9.80 Å². The first-order chi connectivity index (χ1) is 15.8. The minimum atomic E-state index is -0.844. The monoisotopic (exact) mass is 462 g/mol. The molecule has 176 valence electrons. The van der Waals surface area contributed by atoms with Crippen LogP contribution in [-0.2, 0) is 19.1 Å². The Hall–Kier alpha value is -3.94. The average Bonchev–Trinajstić information content (AvgIpc) is 3.15. The van der Waals surface area contributed by atoms with Gasteiger partial charge >= 0.3 is 12.2 Å². The highest BCUT2D eigenvalue weighted by Crippen LogP contribution is 2.47. The van der Waals surface area contributed by atoms with Gasteiger partial charge in [-0.05, 0) is 53.7 Å². The number of rotatable bonds is 0. The molecule has 0 atom stereocenters. The molecule has 0 radical (unpaired) electrons. The predicted molar refractivity (Wildman–Crippen MR) is 127 cm³/mol. The lowest BCUT2D eigenvalue weighted by Gasteiger charge is -2.24. The fourth-order valence-electron chi connectivity index (χ4n) is 3.89. The van der Waals surface area contributed by atoms with Gasteiger partial charge < -0.3 is 9.47 Å². The van der Waals surface area contributed by atoms with E-state index in [1.54, 1.807) is 90.1 Å². The maximum Gasteiger partial charge on any atom is 0.422 e. The summed E-state index contributed by atoms with van der Waals surface area (Å²) in [6.45, 7) is 10.2. The van der Waals surface area contributed by atoms with E-state index in [0.717, 1.165) is 9.80 Å². The lowest BCUT2D eigenvalue weighted by molar-refractivity contribution is -0.114. The van der Waals surface area contributed by atoms with Crippen LogP contribution in [0, 0.1) is 0 Å². The lowest BCUT2D eigenvalue weighted by atomic mass is 9.96.